The Morgan fingerprint density at radius 1 is 0.844 bits per heavy atom. The molecule has 0 bridgehead atoms. The third-order valence-corrected chi connectivity index (χ3v) is 7.03. The van der Waals surface area contributed by atoms with Crippen molar-refractivity contribution in [2.45, 2.75) is 25.7 Å². The molecule has 5 rings (SSSR count). The number of hydrogen-bond acceptors (Lipinski definition) is 4. The normalized spacial score (nSPS) is 17.2. The number of rotatable bonds is 6. The Morgan fingerprint density at radius 2 is 1.62 bits per heavy atom. The highest BCUT2D eigenvalue weighted by Crippen LogP contribution is 2.27. The van der Waals surface area contributed by atoms with Crippen LogP contribution in [0.25, 0.3) is 10.8 Å². The summed E-state index contributed by atoms with van der Waals surface area (Å²) in [4.78, 5) is 17.8. The smallest absolute Gasteiger partial charge is 0.162 e. The van der Waals surface area contributed by atoms with Crippen molar-refractivity contribution in [2.75, 3.05) is 50.7 Å². The summed E-state index contributed by atoms with van der Waals surface area (Å²) in [5, 5.41) is 6.09. The third-order valence-electron chi connectivity index (χ3n) is 7.03. The van der Waals surface area contributed by atoms with Crippen LogP contribution in [-0.2, 0) is 12.8 Å². The Balaban J connectivity index is 1.12. The Labute approximate surface area is 191 Å². The molecule has 0 unspecified atom stereocenters. The fraction of sp³-hybridized carbons (Fsp3) is 0.393. The van der Waals surface area contributed by atoms with E-state index in [4.69, 9.17) is 0 Å². The zero-order valence-corrected chi connectivity index (χ0v) is 18.9. The lowest BCUT2D eigenvalue weighted by molar-refractivity contribution is 0.0974. The number of ketones is 1. The van der Waals surface area contributed by atoms with E-state index in [-0.39, 0.29) is 0 Å². The molecule has 0 atom stereocenters. The lowest BCUT2D eigenvalue weighted by atomic mass is 9.97. The van der Waals surface area contributed by atoms with Gasteiger partial charge < -0.3 is 10.2 Å². The summed E-state index contributed by atoms with van der Waals surface area (Å²) in [5.74, 6) is 0.291. The van der Waals surface area contributed by atoms with Crippen molar-refractivity contribution in [1.29, 1.82) is 0 Å². The van der Waals surface area contributed by atoms with Crippen molar-refractivity contribution in [3.05, 3.63) is 77.4 Å². The first kappa shape index (κ1) is 21.2. The molecule has 1 N–H and O–H groups in total. The highest BCUT2D eigenvalue weighted by molar-refractivity contribution is 5.96. The molecule has 32 heavy (non-hydrogen) atoms. The van der Waals surface area contributed by atoms with Gasteiger partial charge in [0.2, 0.25) is 0 Å². The van der Waals surface area contributed by atoms with Crippen LogP contribution in [-0.4, -0.2) is 56.5 Å². The SMILES string of the molecule is O=C(CCCN1CCN(c2cccc3ccccc23)CC1)c1ccc2c(c1)CCNCC2. The third kappa shape index (κ3) is 4.72. The molecular formula is C28H33N3O. The fourth-order valence-corrected chi connectivity index (χ4v) is 5.15. The highest BCUT2D eigenvalue weighted by Gasteiger charge is 2.19. The number of benzene rings is 3. The van der Waals surface area contributed by atoms with Gasteiger partial charge in [-0.15, -0.1) is 0 Å². The summed E-state index contributed by atoms with van der Waals surface area (Å²) in [7, 11) is 0. The maximum atomic E-state index is 12.8. The minimum absolute atomic E-state index is 0.291. The second-order valence-corrected chi connectivity index (χ2v) is 9.09. The van der Waals surface area contributed by atoms with Crippen molar-refractivity contribution < 1.29 is 4.79 Å². The summed E-state index contributed by atoms with van der Waals surface area (Å²) < 4.78 is 0. The van der Waals surface area contributed by atoms with Gasteiger partial charge >= 0.3 is 0 Å². The van der Waals surface area contributed by atoms with Gasteiger partial charge in [-0.3, -0.25) is 9.69 Å². The minimum Gasteiger partial charge on any atom is -0.368 e. The van der Waals surface area contributed by atoms with Gasteiger partial charge in [0.15, 0.2) is 5.78 Å². The van der Waals surface area contributed by atoms with Crippen LogP contribution in [0, 0.1) is 0 Å². The quantitative estimate of drug-likeness (QED) is 0.595. The van der Waals surface area contributed by atoms with Gasteiger partial charge in [0.05, 0.1) is 0 Å². The van der Waals surface area contributed by atoms with Gasteiger partial charge in [0, 0.05) is 49.2 Å². The van der Waals surface area contributed by atoms with Crippen LogP contribution in [0.4, 0.5) is 5.69 Å². The Hall–Kier alpha value is -2.69. The molecule has 0 saturated carbocycles. The summed E-state index contributed by atoms with van der Waals surface area (Å²) in [6.45, 7) is 7.25. The molecule has 4 heteroatoms. The van der Waals surface area contributed by atoms with Crippen LogP contribution < -0.4 is 10.2 Å². The maximum Gasteiger partial charge on any atom is 0.162 e. The summed E-state index contributed by atoms with van der Waals surface area (Å²) in [6, 6.07) is 21.6. The molecule has 0 amide bonds. The van der Waals surface area contributed by atoms with Crippen LogP contribution in [0.5, 0.6) is 0 Å². The van der Waals surface area contributed by atoms with Crippen molar-refractivity contribution >= 4 is 22.2 Å². The number of fused-ring (bicyclic) bond motifs is 2. The van der Waals surface area contributed by atoms with E-state index in [1.807, 2.05) is 6.07 Å². The molecule has 3 aromatic carbocycles. The van der Waals surface area contributed by atoms with Crippen LogP contribution in [0.15, 0.2) is 60.7 Å². The minimum atomic E-state index is 0.291. The van der Waals surface area contributed by atoms with Crippen LogP contribution in [0.3, 0.4) is 0 Å². The van der Waals surface area contributed by atoms with Crippen molar-refractivity contribution in [1.82, 2.24) is 10.2 Å². The summed E-state index contributed by atoms with van der Waals surface area (Å²) in [6.07, 6.45) is 3.66. The first-order valence-electron chi connectivity index (χ1n) is 12.1. The van der Waals surface area contributed by atoms with Gasteiger partial charge in [0.1, 0.15) is 0 Å². The van der Waals surface area contributed by atoms with Gasteiger partial charge in [0.25, 0.3) is 0 Å². The molecule has 0 spiro atoms. The molecule has 1 fully saturated rings. The molecule has 2 aliphatic heterocycles. The molecule has 4 nitrogen and oxygen atoms in total. The standard InChI is InChI=1S/C28H33N3O/c32-28(25-11-10-22-12-14-29-15-13-24(22)21-25)9-4-16-30-17-19-31(20-18-30)27-8-3-6-23-5-1-2-7-26(23)27/h1-3,5-8,10-11,21,29H,4,9,12-20H2. The molecular weight excluding hydrogens is 394 g/mol. The van der Waals surface area contributed by atoms with E-state index in [0.29, 0.717) is 12.2 Å². The first-order chi connectivity index (χ1) is 15.8. The van der Waals surface area contributed by atoms with Crippen LogP contribution in [0.2, 0.25) is 0 Å². The number of nitrogens with zero attached hydrogens (tertiary/aromatic N) is 2. The number of piperazine rings is 1. The van der Waals surface area contributed by atoms with Gasteiger partial charge in [-0.05, 0) is 67.5 Å². The maximum absolute atomic E-state index is 12.8. The van der Waals surface area contributed by atoms with E-state index in [1.165, 1.54) is 27.6 Å². The van der Waals surface area contributed by atoms with Crippen molar-refractivity contribution in [3.8, 4) is 0 Å². The number of carbonyl (C=O) groups excluding carboxylic acids is 1. The second kappa shape index (κ2) is 9.85. The summed E-state index contributed by atoms with van der Waals surface area (Å²) >= 11 is 0. The number of anilines is 1. The van der Waals surface area contributed by atoms with E-state index >= 15 is 0 Å². The van der Waals surface area contributed by atoms with E-state index < -0.39 is 0 Å². The lowest BCUT2D eigenvalue weighted by Crippen LogP contribution is -2.46. The predicted octanol–water partition coefficient (Wildman–Crippen LogP) is 4.31. The largest absolute Gasteiger partial charge is 0.368 e. The number of carbonyl (C=O) groups is 1. The molecule has 3 aromatic rings. The number of hydrogen-bond donors (Lipinski definition) is 1. The van der Waals surface area contributed by atoms with Crippen molar-refractivity contribution in [2.24, 2.45) is 0 Å². The van der Waals surface area contributed by atoms with E-state index in [9.17, 15) is 4.79 Å². The number of nitrogens with one attached hydrogen (secondary N) is 1. The molecule has 0 aromatic heterocycles. The molecule has 1 saturated heterocycles. The van der Waals surface area contributed by atoms with E-state index in [2.05, 4.69) is 69.7 Å². The number of Topliss-reactive ketones (excluding diaryl/α,β-unsaturated/α-hetero) is 1. The molecule has 0 aliphatic carbocycles. The Bertz CT molecular complexity index is 1080. The second-order valence-electron chi connectivity index (χ2n) is 9.09. The average Bonchev–Trinajstić information content (AvgIpc) is 3.09. The molecule has 2 aliphatic rings. The van der Waals surface area contributed by atoms with Gasteiger partial charge in [-0.2, -0.15) is 0 Å². The average molecular weight is 428 g/mol. The lowest BCUT2D eigenvalue weighted by Gasteiger charge is -2.36. The zero-order valence-electron chi connectivity index (χ0n) is 18.9. The zero-order chi connectivity index (χ0) is 21.8. The monoisotopic (exact) mass is 427 g/mol. The summed E-state index contributed by atoms with van der Waals surface area (Å²) in [5.41, 5.74) is 4.99. The molecule has 0 radical (unpaired) electrons. The molecule has 2 heterocycles. The van der Waals surface area contributed by atoms with Crippen LogP contribution in [0.1, 0.15) is 34.3 Å². The fourth-order valence-electron chi connectivity index (χ4n) is 5.15. The van der Waals surface area contributed by atoms with E-state index in [1.54, 1.807) is 0 Å². The van der Waals surface area contributed by atoms with E-state index in [0.717, 1.165) is 70.6 Å². The van der Waals surface area contributed by atoms with Gasteiger partial charge in [-0.1, -0.05) is 48.5 Å². The Kier molecular flexibility index (Phi) is 6.51. The van der Waals surface area contributed by atoms with Crippen molar-refractivity contribution in [3.63, 3.8) is 0 Å². The van der Waals surface area contributed by atoms with Crippen LogP contribution >= 0.6 is 0 Å². The first-order valence-corrected chi connectivity index (χ1v) is 12.1. The molecule has 166 valence electrons. The Morgan fingerprint density at radius 3 is 2.50 bits per heavy atom. The van der Waals surface area contributed by atoms with Gasteiger partial charge in [-0.25, -0.2) is 0 Å². The topological polar surface area (TPSA) is 35.6 Å². The highest BCUT2D eigenvalue weighted by atomic mass is 16.1. The predicted molar refractivity (Wildman–Crippen MR) is 133 cm³/mol.